The number of aromatic nitrogens is 6. The van der Waals surface area contributed by atoms with Crippen LogP contribution in [0.2, 0.25) is 0 Å². The van der Waals surface area contributed by atoms with Crippen LogP contribution in [-0.4, -0.2) is 48.0 Å². The normalized spacial score (nSPS) is 14.8. The average molecular weight is 385 g/mol. The van der Waals surface area contributed by atoms with E-state index in [1.807, 2.05) is 29.2 Å². The molecule has 9 heteroatoms. The number of thioether (sulfide) groups is 1. The summed E-state index contributed by atoms with van der Waals surface area (Å²) in [6.45, 7) is 1.47. The molecule has 0 unspecified atom stereocenters. The summed E-state index contributed by atoms with van der Waals surface area (Å²) in [5.41, 5.74) is 2.12. The molecule has 0 saturated heterocycles. The molecule has 3 aromatic rings. The highest BCUT2D eigenvalue weighted by molar-refractivity contribution is 7.99. The van der Waals surface area contributed by atoms with E-state index in [1.54, 1.807) is 0 Å². The molecule has 2 heterocycles. The standard InChI is InChI=1S/C18H23N7OS/c26-17(12-27-18-21-22-23-25(18)14-6-1-2-7-14)19-10-5-11-24-13-20-15-8-3-4-9-16(15)24/h3-4,8-9,13-14H,1-2,5-7,10-12H2,(H,19,26). The monoisotopic (exact) mass is 385 g/mol. The number of para-hydroxylation sites is 2. The number of aryl methyl sites for hydroxylation is 1. The lowest BCUT2D eigenvalue weighted by Crippen LogP contribution is -2.27. The topological polar surface area (TPSA) is 90.5 Å². The van der Waals surface area contributed by atoms with Crippen molar-refractivity contribution in [2.24, 2.45) is 0 Å². The highest BCUT2D eigenvalue weighted by Crippen LogP contribution is 2.31. The van der Waals surface area contributed by atoms with Gasteiger partial charge >= 0.3 is 0 Å². The Kier molecular flexibility index (Phi) is 5.66. The van der Waals surface area contributed by atoms with Gasteiger partial charge in [-0.3, -0.25) is 4.79 Å². The number of nitrogens with one attached hydrogen (secondary N) is 1. The molecule has 1 aliphatic rings. The van der Waals surface area contributed by atoms with Gasteiger partial charge in [0.05, 0.1) is 29.2 Å². The van der Waals surface area contributed by atoms with Gasteiger partial charge in [-0.15, -0.1) is 5.10 Å². The summed E-state index contributed by atoms with van der Waals surface area (Å²) < 4.78 is 4.00. The molecule has 0 aliphatic heterocycles. The fourth-order valence-corrected chi connectivity index (χ4v) is 4.28. The molecule has 1 N–H and O–H groups in total. The predicted molar refractivity (Wildman–Crippen MR) is 103 cm³/mol. The third-order valence-electron chi connectivity index (χ3n) is 4.89. The number of fused-ring (bicyclic) bond motifs is 1. The molecule has 4 rings (SSSR count). The minimum Gasteiger partial charge on any atom is -0.355 e. The Labute approximate surface area is 161 Å². The quantitative estimate of drug-likeness (QED) is 0.473. The van der Waals surface area contributed by atoms with E-state index in [0.29, 0.717) is 18.3 Å². The zero-order valence-electron chi connectivity index (χ0n) is 15.1. The molecule has 1 amide bonds. The van der Waals surface area contributed by atoms with E-state index in [2.05, 4.69) is 36.5 Å². The molecule has 2 aromatic heterocycles. The zero-order chi connectivity index (χ0) is 18.5. The highest BCUT2D eigenvalue weighted by Gasteiger charge is 2.22. The second-order valence-electron chi connectivity index (χ2n) is 6.76. The molecule has 0 atom stereocenters. The van der Waals surface area contributed by atoms with Crippen LogP contribution in [0.4, 0.5) is 0 Å². The van der Waals surface area contributed by atoms with E-state index >= 15 is 0 Å². The van der Waals surface area contributed by atoms with Gasteiger partial charge in [-0.2, -0.15) is 0 Å². The lowest BCUT2D eigenvalue weighted by atomic mass is 10.3. The summed E-state index contributed by atoms with van der Waals surface area (Å²) >= 11 is 1.41. The van der Waals surface area contributed by atoms with Crippen LogP contribution in [-0.2, 0) is 11.3 Å². The van der Waals surface area contributed by atoms with Crippen LogP contribution in [0, 0.1) is 0 Å². The lowest BCUT2D eigenvalue weighted by Gasteiger charge is -2.10. The first kappa shape index (κ1) is 18.0. The first-order valence-electron chi connectivity index (χ1n) is 9.38. The number of hydrogen-bond acceptors (Lipinski definition) is 6. The third-order valence-corrected chi connectivity index (χ3v) is 5.82. The Morgan fingerprint density at radius 3 is 3.00 bits per heavy atom. The maximum atomic E-state index is 12.1. The molecule has 142 valence electrons. The third kappa shape index (κ3) is 4.29. The van der Waals surface area contributed by atoms with Gasteiger partial charge in [0.15, 0.2) is 0 Å². The van der Waals surface area contributed by atoms with Crippen molar-refractivity contribution in [3.63, 3.8) is 0 Å². The van der Waals surface area contributed by atoms with Crippen molar-refractivity contribution in [3.8, 4) is 0 Å². The van der Waals surface area contributed by atoms with Gasteiger partial charge in [0, 0.05) is 13.1 Å². The first-order valence-corrected chi connectivity index (χ1v) is 10.4. The fourth-order valence-electron chi connectivity index (χ4n) is 3.51. The maximum absolute atomic E-state index is 12.1. The zero-order valence-corrected chi connectivity index (χ0v) is 15.9. The molecule has 1 aliphatic carbocycles. The van der Waals surface area contributed by atoms with Gasteiger partial charge in [0.25, 0.3) is 0 Å². The van der Waals surface area contributed by atoms with E-state index in [-0.39, 0.29) is 5.91 Å². The number of imidazole rings is 1. The lowest BCUT2D eigenvalue weighted by molar-refractivity contribution is -0.118. The second-order valence-corrected chi connectivity index (χ2v) is 7.71. The van der Waals surface area contributed by atoms with E-state index in [0.717, 1.165) is 42.0 Å². The van der Waals surface area contributed by atoms with Crippen LogP contribution in [0.1, 0.15) is 38.1 Å². The SMILES string of the molecule is O=C(CSc1nnnn1C1CCCC1)NCCCn1cnc2ccccc21. The smallest absolute Gasteiger partial charge is 0.230 e. The van der Waals surface area contributed by atoms with Gasteiger partial charge in [-0.1, -0.05) is 36.7 Å². The summed E-state index contributed by atoms with van der Waals surface area (Å²) in [5, 5.41) is 15.7. The van der Waals surface area contributed by atoms with Crippen molar-refractivity contribution < 1.29 is 4.79 Å². The van der Waals surface area contributed by atoms with Crippen molar-refractivity contribution in [3.05, 3.63) is 30.6 Å². The molecule has 1 fully saturated rings. The Balaban J connectivity index is 1.20. The van der Waals surface area contributed by atoms with Crippen LogP contribution in [0.5, 0.6) is 0 Å². The molecule has 27 heavy (non-hydrogen) atoms. The fraction of sp³-hybridized carbons (Fsp3) is 0.500. The van der Waals surface area contributed by atoms with Crippen LogP contribution >= 0.6 is 11.8 Å². The second kappa shape index (κ2) is 8.51. The molecule has 8 nitrogen and oxygen atoms in total. The number of carbonyl (C=O) groups excluding carboxylic acids is 1. The summed E-state index contributed by atoms with van der Waals surface area (Å²) in [4.78, 5) is 16.5. The van der Waals surface area contributed by atoms with E-state index < -0.39 is 0 Å². The van der Waals surface area contributed by atoms with Crippen LogP contribution in [0.3, 0.4) is 0 Å². The van der Waals surface area contributed by atoms with Crippen molar-refractivity contribution in [1.29, 1.82) is 0 Å². The summed E-state index contributed by atoms with van der Waals surface area (Å²) in [5.74, 6) is 0.345. The van der Waals surface area contributed by atoms with Gasteiger partial charge in [-0.05, 0) is 41.8 Å². The van der Waals surface area contributed by atoms with Crippen LogP contribution in [0.15, 0.2) is 35.7 Å². The van der Waals surface area contributed by atoms with Crippen molar-refractivity contribution in [2.45, 2.75) is 49.8 Å². The van der Waals surface area contributed by atoms with Gasteiger partial charge in [0.2, 0.25) is 11.1 Å². The predicted octanol–water partition coefficient (Wildman–Crippen LogP) is 2.44. The molecular weight excluding hydrogens is 362 g/mol. The first-order chi connectivity index (χ1) is 13.3. The Morgan fingerprint density at radius 1 is 1.26 bits per heavy atom. The van der Waals surface area contributed by atoms with Crippen molar-refractivity contribution in [1.82, 2.24) is 35.1 Å². The van der Waals surface area contributed by atoms with Crippen molar-refractivity contribution >= 4 is 28.7 Å². The Morgan fingerprint density at radius 2 is 2.11 bits per heavy atom. The number of nitrogens with zero attached hydrogens (tertiary/aromatic N) is 6. The molecule has 0 radical (unpaired) electrons. The summed E-state index contributed by atoms with van der Waals surface area (Å²) in [6, 6.07) is 8.45. The van der Waals surface area contributed by atoms with Gasteiger partial charge in [0.1, 0.15) is 0 Å². The minimum atomic E-state index is 0.0106. The number of hydrogen-bond donors (Lipinski definition) is 1. The highest BCUT2D eigenvalue weighted by atomic mass is 32.2. The minimum absolute atomic E-state index is 0.0106. The molecule has 0 bridgehead atoms. The van der Waals surface area contributed by atoms with Gasteiger partial charge < -0.3 is 9.88 Å². The molecule has 0 spiro atoms. The number of rotatable bonds is 8. The van der Waals surface area contributed by atoms with E-state index in [1.165, 1.54) is 24.6 Å². The van der Waals surface area contributed by atoms with Crippen LogP contribution in [0.25, 0.3) is 11.0 Å². The van der Waals surface area contributed by atoms with Crippen LogP contribution < -0.4 is 5.32 Å². The number of carbonyl (C=O) groups is 1. The number of tetrazole rings is 1. The van der Waals surface area contributed by atoms with Gasteiger partial charge in [-0.25, -0.2) is 9.67 Å². The molecular formula is C18H23N7OS. The summed E-state index contributed by atoms with van der Waals surface area (Å²) in [7, 11) is 0. The number of amides is 1. The molecule has 1 aromatic carbocycles. The maximum Gasteiger partial charge on any atom is 0.230 e. The average Bonchev–Trinajstić information content (AvgIpc) is 3.44. The Hall–Kier alpha value is -2.42. The van der Waals surface area contributed by atoms with E-state index in [4.69, 9.17) is 0 Å². The summed E-state index contributed by atoms with van der Waals surface area (Å²) in [6.07, 6.45) is 7.39. The largest absolute Gasteiger partial charge is 0.355 e. The van der Waals surface area contributed by atoms with E-state index in [9.17, 15) is 4.79 Å². The molecule has 1 saturated carbocycles. The Bertz CT molecular complexity index is 900. The van der Waals surface area contributed by atoms with Crippen molar-refractivity contribution in [2.75, 3.05) is 12.3 Å². The number of benzene rings is 1.